The van der Waals surface area contributed by atoms with Gasteiger partial charge in [-0.2, -0.15) is 0 Å². The first-order valence-electron chi connectivity index (χ1n) is 6.61. The maximum Gasteiger partial charge on any atom is 0.138 e. The third-order valence-corrected chi connectivity index (χ3v) is 2.32. The van der Waals surface area contributed by atoms with Crippen LogP contribution < -0.4 is 4.74 Å². The molecule has 5 heteroatoms. The summed E-state index contributed by atoms with van der Waals surface area (Å²) in [4.78, 5) is 4.06. The van der Waals surface area contributed by atoms with Gasteiger partial charge in [0, 0.05) is 38.5 Å². The summed E-state index contributed by atoms with van der Waals surface area (Å²) in [7, 11) is 1.67. The molecule has 0 aliphatic rings. The molecule has 0 unspecified atom stereocenters. The average Bonchev–Trinajstić information content (AvgIpc) is 2.47. The standard InChI is InChI=1S/C15H21NO4/c1-18-7-4-8-19-9-10-20-15-11-14(12-16-13-15)5-2-3-6-17/h11-13,17H,3-4,6-10H2,1H3. The van der Waals surface area contributed by atoms with Crippen LogP contribution in [0.5, 0.6) is 5.75 Å². The van der Waals surface area contributed by atoms with E-state index in [0.717, 1.165) is 12.0 Å². The van der Waals surface area contributed by atoms with Crippen LogP contribution in [0, 0.1) is 11.8 Å². The summed E-state index contributed by atoms with van der Waals surface area (Å²) >= 11 is 0. The molecule has 0 aromatic carbocycles. The SMILES string of the molecule is COCCCOCCOc1cncc(C#CCCO)c1. The van der Waals surface area contributed by atoms with Crippen molar-refractivity contribution in [1.82, 2.24) is 4.98 Å². The first-order valence-corrected chi connectivity index (χ1v) is 6.61. The Kier molecular flexibility index (Phi) is 9.24. The molecule has 20 heavy (non-hydrogen) atoms. The molecule has 110 valence electrons. The van der Waals surface area contributed by atoms with Gasteiger partial charge in [-0.15, -0.1) is 0 Å². The monoisotopic (exact) mass is 279 g/mol. The fourth-order valence-corrected chi connectivity index (χ4v) is 1.41. The molecule has 0 radical (unpaired) electrons. The average molecular weight is 279 g/mol. The van der Waals surface area contributed by atoms with E-state index in [9.17, 15) is 0 Å². The zero-order valence-corrected chi connectivity index (χ0v) is 11.8. The van der Waals surface area contributed by atoms with Crippen molar-refractivity contribution >= 4 is 0 Å². The number of rotatable bonds is 9. The summed E-state index contributed by atoms with van der Waals surface area (Å²) in [5, 5.41) is 8.65. The van der Waals surface area contributed by atoms with E-state index < -0.39 is 0 Å². The van der Waals surface area contributed by atoms with E-state index in [2.05, 4.69) is 16.8 Å². The minimum atomic E-state index is 0.0665. The second-order valence-electron chi connectivity index (χ2n) is 3.99. The van der Waals surface area contributed by atoms with Crippen molar-refractivity contribution in [3.8, 4) is 17.6 Å². The van der Waals surface area contributed by atoms with Gasteiger partial charge in [0.05, 0.1) is 19.4 Å². The molecule has 1 rings (SSSR count). The number of aliphatic hydroxyl groups excluding tert-OH is 1. The quantitative estimate of drug-likeness (QED) is 0.544. The lowest BCUT2D eigenvalue weighted by atomic mass is 10.2. The van der Waals surface area contributed by atoms with Gasteiger partial charge in [-0.3, -0.25) is 4.98 Å². The fraction of sp³-hybridized carbons (Fsp3) is 0.533. The van der Waals surface area contributed by atoms with Crippen LogP contribution in [0.25, 0.3) is 0 Å². The van der Waals surface area contributed by atoms with Crippen molar-refractivity contribution in [2.24, 2.45) is 0 Å². The topological polar surface area (TPSA) is 60.8 Å². The van der Waals surface area contributed by atoms with E-state index >= 15 is 0 Å². The minimum Gasteiger partial charge on any atom is -0.490 e. The summed E-state index contributed by atoms with van der Waals surface area (Å²) in [5.74, 6) is 6.42. The van der Waals surface area contributed by atoms with Gasteiger partial charge < -0.3 is 19.3 Å². The highest BCUT2D eigenvalue weighted by molar-refractivity contribution is 5.36. The summed E-state index contributed by atoms with van der Waals surface area (Å²) in [6.45, 7) is 2.45. The predicted octanol–water partition coefficient (Wildman–Crippen LogP) is 1.25. The number of nitrogens with zero attached hydrogens (tertiary/aromatic N) is 1. The molecule has 1 heterocycles. The van der Waals surface area contributed by atoms with Crippen LogP contribution in [0.3, 0.4) is 0 Å². The van der Waals surface area contributed by atoms with E-state index in [4.69, 9.17) is 19.3 Å². The molecule has 0 amide bonds. The Bertz CT molecular complexity index is 425. The van der Waals surface area contributed by atoms with Gasteiger partial charge in [0.1, 0.15) is 12.4 Å². The van der Waals surface area contributed by atoms with Crippen LogP contribution >= 0.6 is 0 Å². The highest BCUT2D eigenvalue weighted by Crippen LogP contribution is 2.10. The summed E-state index contributed by atoms with van der Waals surface area (Å²) in [6.07, 6.45) is 4.65. The lowest BCUT2D eigenvalue weighted by Gasteiger charge is -2.07. The number of aromatic nitrogens is 1. The van der Waals surface area contributed by atoms with Crippen LogP contribution in [0.15, 0.2) is 18.5 Å². The smallest absolute Gasteiger partial charge is 0.138 e. The van der Waals surface area contributed by atoms with Crippen molar-refractivity contribution < 1.29 is 19.3 Å². The van der Waals surface area contributed by atoms with Gasteiger partial charge >= 0.3 is 0 Å². The van der Waals surface area contributed by atoms with Crippen molar-refractivity contribution in [3.63, 3.8) is 0 Å². The molecule has 1 aromatic rings. The van der Waals surface area contributed by atoms with Gasteiger partial charge in [0.2, 0.25) is 0 Å². The zero-order chi connectivity index (χ0) is 14.5. The number of ether oxygens (including phenoxy) is 3. The fourth-order valence-electron chi connectivity index (χ4n) is 1.41. The molecular weight excluding hydrogens is 258 g/mol. The van der Waals surface area contributed by atoms with Gasteiger partial charge in [-0.25, -0.2) is 0 Å². The lowest BCUT2D eigenvalue weighted by Crippen LogP contribution is -2.08. The summed E-state index contributed by atoms with van der Waals surface area (Å²) < 4.78 is 15.8. The Balaban J connectivity index is 2.23. The molecule has 0 aliphatic carbocycles. The molecule has 0 spiro atoms. The second kappa shape index (κ2) is 11.2. The zero-order valence-electron chi connectivity index (χ0n) is 11.8. The molecule has 0 aliphatic heterocycles. The highest BCUT2D eigenvalue weighted by Gasteiger charge is 1.96. The van der Waals surface area contributed by atoms with Gasteiger partial charge in [-0.1, -0.05) is 11.8 Å². The number of hydrogen-bond donors (Lipinski definition) is 1. The number of hydrogen-bond acceptors (Lipinski definition) is 5. The first-order chi connectivity index (χ1) is 9.86. The predicted molar refractivity (Wildman–Crippen MR) is 75.6 cm³/mol. The highest BCUT2D eigenvalue weighted by atomic mass is 16.5. The molecule has 0 saturated heterocycles. The van der Waals surface area contributed by atoms with E-state index in [1.807, 2.05) is 6.07 Å². The maximum atomic E-state index is 8.65. The molecule has 5 nitrogen and oxygen atoms in total. The van der Waals surface area contributed by atoms with Gasteiger partial charge in [0.15, 0.2) is 0 Å². The third-order valence-electron chi connectivity index (χ3n) is 2.32. The largest absolute Gasteiger partial charge is 0.490 e. The van der Waals surface area contributed by atoms with Gasteiger partial charge in [-0.05, 0) is 12.5 Å². The number of aliphatic hydroxyl groups is 1. The Labute approximate surface area is 119 Å². The second-order valence-corrected chi connectivity index (χ2v) is 3.99. The first kappa shape index (κ1) is 16.4. The minimum absolute atomic E-state index is 0.0665. The molecule has 0 saturated carbocycles. The van der Waals surface area contributed by atoms with Crippen LogP contribution in [-0.2, 0) is 9.47 Å². The van der Waals surface area contributed by atoms with Crippen LogP contribution in [0.4, 0.5) is 0 Å². The molecule has 0 fully saturated rings. The molecular formula is C15H21NO4. The van der Waals surface area contributed by atoms with Crippen molar-refractivity contribution in [3.05, 3.63) is 24.0 Å². The third kappa shape index (κ3) is 7.74. The molecule has 1 N–H and O–H groups in total. The van der Waals surface area contributed by atoms with E-state index in [0.29, 0.717) is 38.6 Å². The Morgan fingerprint density at radius 3 is 2.90 bits per heavy atom. The van der Waals surface area contributed by atoms with Crippen LogP contribution in [0.1, 0.15) is 18.4 Å². The summed E-state index contributed by atoms with van der Waals surface area (Å²) in [5.41, 5.74) is 0.775. The van der Waals surface area contributed by atoms with E-state index in [1.165, 1.54) is 0 Å². The Hall–Kier alpha value is -1.61. The van der Waals surface area contributed by atoms with Crippen molar-refractivity contribution in [2.75, 3.05) is 40.1 Å². The summed E-state index contributed by atoms with van der Waals surface area (Å²) in [6, 6.07) is 1.82. The Morgan fingerprint density at radius 1 is 1.20 bits per heavy atom. The van der Waals surface area contributed by atoms with Crippen molar-refractivity contribution in [1.29, 1.82) is 0 Å². The van der Waals surface area contributed by atoms with Crippen molar-refractivity contribution in [2.45, 2.75) is 12.8 Å². The maximum absolute atomic E-state index is 8.65. The number of pyridine rings is 1. The van der Waals surface area contributed by atoms with Crippen LogP contribution in [-0.4, -0.2) is 50.2 Å². The van der Waals surface area contributed by atoms with E-state index in [1.54, 1.807) is 19.5 Å². The van der Waals surface area contributed by atoms with E-state index in [-0.39, 0.29) is 6.61 Å². The molecule has 0 atom stereocenters. The number of methoxy groups -OCH3 is 1. The Morgan fingerprint density at radius 2 is 2.10 bits per heavy atom. The molecule has 1 aromatic heterocycles. The van der Waals surface area contributed by atoms with Gasteiger partial charge in [0.25, 0.3) is 0 Å². The van der Waals surface area contributed by atoms with Crippen LogP contribution in [0.2, 0.25) is 0 Å². The lowest BCUT2D eigenvalue weighted by molar-refractivity contribution is 0.0805. The normalized spacial score (nSPS) is 9.90. The molecule has 0 bridgehead atoms.